The Morgan fingerprint density at radius 3 is 2.40 bits per heavy atom. The molecule has 1 aromatic rings. The van der Waals surface area contributed by atoms with Gasteiger partial charge in [-0.1, -0.05) is 30.3 Å². The Labute approximate surface area is 180 Å². The Bertz CT molecular complexity index is 781. The summed E-state index contributed by atoms with van der Waals surface area (Å²) in [5.74, 6) is 1.50. The van der Waals surface area contributed by atoms with E-state index in [1.54, 1.807) is 0 Å². The van der Waals surface area contributed by atoms with Crippen LogP contribution in [0.25, 0.3) is 0 Å². The predicted molar refractivity (Wildman–Crippen MR) is 119 cm³/mol. The van der Waals surface area contributed by atoms with E-state index in [-0.39, 0.29) is 16.7 Å². The van der Waals surface area contributed by atoms with Crippen LogP contribution in [0.5, 0.6) is 0 Å². The lowest BCUT2D eigenvalue weighted by molar-refractivity contribution is -0.176. The van der Waals surface area contributed by atoms with Gasteiger partial charge in [0.15, 0.2) is 0 Å². The molecule has 2 N–H and O–H groups in total. The highest BCUT2D eigenvalue weighted by atomic mass is 16.5. The fourth-order valence-corrected chi connectivity index (χ4v) is 7.55. The first kappa shape index (κ1) is 20.4. The molecule has 0 heterocycles. The minimum absolute atomic E-state index is 0.115. The standard InChI is InChI=1S/C26H36N2O2/c1-2-30-23-19-12-25(21-6-4-3-5-7-21)13-20(23)15-26(14-19,17-25)24(29)28-16-18-8-10-22(27)11-9-18/h3-7,16,18-20,22-23H,2,8-15,17,27H2,1H3. The molecular weight excluding hydrogens is 372 g/mol. The zero-order chi connectivity index (χ0) is 20.8. The third-order valence-corrected chi connectivity index (χ3v) is 8.64. The van der Waals surface area contributed by atoms with Crippen LogP contribution >= 0.6 is 0 Å². The van der Waals surface area contributed by atoms with Crippen molar-refractivity contribution >= 4 is 12.1 Å². The molecule has 0 spiro atoms. The van der Waals surface area contributed by atoms with Crippen molar-refractivity contribution in [2.45, 2.75) is 82.3 Å². The van der Waals surface area contributed by atoms with E-state index in [1.165, 1.54) is 5.56 Å². The highest BCUT2D eigenvalue weighted by molar-refractivity contribution is 5.90. The van der Waals surface area contributed by atoms with E-state index >= 15 is 0 Å². The Kier molecular flexibility index (Phi) is 5.35. The van der Waals surface area contributed by atoms with Crippen molar-refractivity contribution in [1.82, 2.24) is 0 Å². The molecule has 1 aromatic carbocycles. The summed E-state index contributed by atoms with van der Waals surface area (Å²) in [5, 5.41) is 0. The second kappa shape index (κ2) is 7.87. The molecule has 5 aliphatic carbocycles. The quantitative estimate of drug-likeness (QED) is 0.721. The maximum absolute atomic E-state index is 13.6. The molecule has 2 unspecified atom stereocenters. The topological polar surface area (TPSA) is 64.7 Å². The molecule has 4 heteroatoms. The summed E-state index contributed by atoms with van der Waals surface area (Å²) in [6, 6.07) is 11.3. The number of hydrogen-bond donors (Lipinski definition) is 1. The number of ether oxygens (including phenoxy) is 1. The largest absolute Gasteiger partial charge is 0.378 e. The molecule has 5 fully saturated rings. The normalized spacial score (nSPS) is 42.7. The van der Waals surface area contributed by atoms with Gasteiger partial charge in [0.05, 0.1) is 11.5 Å². The molecule has 162 valence electrons. The number of benzene rings is 1. The molecule has 0 saturated heterocycles. The summed E-state index contributed by atoms with van der Waals surface area (Å²) in [4.78, 5) is 18.2. The van der Waals surface area contributed by atoms with Crippen molar-refractivity contribution in [2.75, 3.05) is 6.61 Å². The number of hydrogen-bond acceptors (Lipinski definition) is 3. The molecule has 30 heavy (non-hydrogen) atoms. The van der Waals surface area contributed by atoms with Gasteiger partial charge < -0.3 is 10.5 Å². The Balaban J connectivity index is 1.41. The molecule has 0 radical (unpaired) electrons. The van der Waals surface area contributed by atoms with Crippen LogP contribution in [0.15, 0.2) is 35.3 Å². The minimum Gasteiger partial charge on any atom is -0.378 e. The van der Waals surface area contributed by atoms with Gasteiger partial charge in [0.1, 0.15) is 0 Å². The summed E-state index contributed by atoms with van der Waals surface area (Å²) in [6.07, 6.45) is 11.7. The number of nitrogens with zero attached hydrogens (tertiary/aromatic N) is 1. The average Bonchev–Trinajstić information content (AvgIpc) is 2.76. The van der Waals surface area contributed by atoms with Gasteiger partial charge in [0.25, 0.3) is 5.91 Å². The van der Waals surface area contributed by atoms with Gasteiger partial charge in [0, 0.05) is 18.9 Å². The maximum atomic E-state index is 13.6. The Morgan fingerprint density at radius 1 is 1.10 bits per heavy atom. The van der Waals surface area contributed by atoms with E-state index in [4.69, 9.17) is 10.5 Å². The summed E-state index contributed by atoms with van der Waals surface area (Å²) in [6.45, 7) is 2.86. The van der Waals surface area contributed by atoms with Crippen molar-refractivity contribution in [3.8, 4) is 0 Å². The van der Waals surface area contributed by atoms with Gasteiger partial charge >= 0.3 is 0 Å². The van der Waals surface area contributed by atoms with Crippen LogP contribution in [0, 0.1) is 23.2 Å². The van der Waals surface area contributed by atoms with E-state index < -0.39 is 0 Å². The molecule has 2 atom stereocenters. The molecule has 5 saturated carbocycles. The fourth-order valence-electron chi connectivity index (χ4n) is 7.55. The number of rotatable bonds is 5. The van der Waals surface area contributed by atoms with E-state index in [9.17, 15) is 4.79 Å². The van der Waals surface area contributed by atoms with E-state index in [0.29, 0.717) is 29.9 Å². The second-order valence-corrected chi connectivity index (χ2v) is 10.6. The van der Waals surface area contributed by atoms with Gasteiger partial charge in [-0.25, -0.2) is 4.99 Å². The highest BCUT2D eigenvalue weighted by Crippen LogP contribution is 2.66. The minimum atomic E-state index is -0.295. The lowest BCUT2D eigenvalue weighted by atomic mass is 9.42. The monoisotopic (exact) mass is 408 g/mol. The number of carbonyl (C=O) groups is 1. The number of amides is 1. The molecule has 4 nitrogen and oxygen atoms in total. The third-order valence-electron chi connectivity index (χ3n) is 8.64. The lowest BCUT2D eigenvalue weighted by Crippen LogP contribution is -2.62. The number of carbonyl (C=O) groups excluding carboxylic acids is 1. The van der Waals surface area contributed by atoms with Crippen molar-refractivity contribution in [3.63, 3.8) is 0 Å². The van der Waals surface area contributed by atoms with Gasteiger partial charge in [-0.15, -0.1) is 0 Å². The van der Waals surface area contributed by atoms with Gasteiger partial charge in [-0.2, -0.15) is 0 Å². The van der Waals surface area contributed by atoms with Crippen LogP contribution < -0.4 is 5.73 Å². The van der Waals surface area contributed by atoms with Crippen LogP contribution in [-0.4, -0.2) is 30.9 Å². The molecule has 0 aliphatic heterocycles. The van der Waals surface area contributed by atoms with Gasteiger partial charge in [0.2, 0.25) is 0 Å². The maximum Gasteiger partial charge on any atom is 0.251 e. The Morgan fingerprint density at radius 2 is 1.77 bits per heavy atom. The Hall–Kier alpha value is -1.52. The van der Waals surface area contributed by atoms with Crippen molar-refractivity contribution in [3.05, 3.63) is 35.9 Å². The molecule has 6 rings (SSSR count). The first-order chi connectivity index (χ1) is 14.5. The summed E-state index contributed by atoms with van der Waals surface area (Å²) in [7, 11) is 0. The molecule has 5 aliphatic rings. The summed E-state index contributed by atoms with van der Waals surface area (Å²) >= 11 is 0. The second-order valence-electron chi connectivity index (χ2n) is 10.6. The van der Waals surface area contributed by atoms with Crippen molar-refractivity contribution in [1.29, 1.82) is 0 Å². The smallest absolute Gasteiger partial charge is 0.251 e. The van der Waals surface area contributed by atoms with Crippen LogP contribution in [0.2, 0.25) is 0 Å². The molecule has 0 aromatic heterocycles. The fraction of sp³-hybridized carbons (Fsp3) is 0.692. The molecule has 1 amide bonds. The summed E-state index contributed by atoms with van der Waals surface area (Å²) in [5.41, 5.74) is 7.27. The molecular formula is C26H36N2O2. The van der Waals surface area contributed by atoms with Crippen LogP contribution in [0.3, 0.4) is 0 Å². The van der Waals surface area contributed by atoms with Crippen LogP contribution in [-0.2, 0) is 14.9 Å². The first-order valence-corrected chi connectivity index (χ1v) is 12.0. The van der Waals surface area contributed by atoms with Crippen molar-refractivity contribution < 1.29 is 9.53 Å². The van der Waals surface area contributed by atoms with E-state index in [2.05, 4.69) is 42.2 Å². The first-order valence-electron chi connectivity index (χ1n) is 12.0. The van der Waals surface area contributed by atoms with Crippen LogP contribution in [0.4, 0.5) is 0 Å². The summed E-state index contributed by atoms with van der Waals surface area (Å²) < 4.78 is 6.23. The highest BCUT2D eigenvalue weighted by Gasteiger charge is 2.64. The van der Waals surface area contributed by atoms with Gasteiger partial charge in [-0.3, -0.25) is 4.79 Å². The van der Waals surface area contributed by atoms with Crippen LogP contribution in [0.1, 0.15) is 70.3 Å². The van der Waals surface area contributed by atoms with E-state index in [0.717, 1.165) is 64.4 Å². The zero-order valence-corrected chi connectivity index (χ0v) is 18.3. The molecule has 4 bridgehead atoms. The number of nitrogens with two attached hydrogens (primary N) is 1. The zero-order valence-electron chi connectivity index (χ0n) is 18.3. The predicted octanol–water partition coefficient (Wildman–Crippen LogP) is 4.65. The average molecular weight is 409 g/mol. The lowest BCUT2D eigenvalue weighted by Gasteiger charge is -2.63. The van der Waals surface area contributed by atoms with Crippen molar-refractivity contribution in [2.24, 2.45) is 33.9 Å². The van der Waals surface area contributed by atoms with Gasteiger partial charge in [-0.05, 0) is 93.4 Å². The SMILES string of the molecule is CCOC1C2CC3(C(=O)N=CC4CCC(N)CC4)CC1CC(c1ccccc1)(C2)C3. The van der Waals surface area contributed by atoms with E-state index in [1.807, 2.05) is 6.21 Å². The third kappa shape index (κ3) is 3.46. The number of aliphatic imine (C=N–C) groups is 1.